The smallest absolute Gasteiger partial charge is 0.161 e. The number of benzene rings is 1. The molecule has 1 saturated heterocycles. The van der Waals surface area contributed by atoms with E-state index in [1.165, 1.54) is 0 Å². The van der Waals surface area contributed by atoms with Gasteiger partial charge in [-0.3, -0.25) is 9.58 Å². The van der Waals surface area contributed by atoms with E-state index in [1.807, 2.05) is 13.1 Å². The van der Waals surface area contributed by atoms with Crippen molar-refractivity contribution in [3.05, 3.63) is 52.6 Å². The number of hydrogen-bond acceptors (Lipinski definition) is 5. The monoisotopic (exact) mass is 424 g/mol. The van der Waals surface area contributed by atoms with Gasteiger partial charge in [-0.15, -0.1) is 0 Å². The summed E-state index contributed by atoms with van der Waals surface area (Å²) < 4.78 is 48.9. The molecular weight excluding hydrogens is 397 g/mol. The van der Waals surface area contributed by atoms with Crippen LogP contribution in [0.15, 0.2) is 18.3 Å². The molecule has 6 nitrogen and oxygen atoms in total. The summed E-state index contributed by atoms with van der Waals surface area (Å²) in [4.78, 5) is 2.25. The highest BCUT2D eigenvalue weighted by Gasteiger charge is 2.38. The van der Waals surface area contributed by atoms with Crippen LogP contribution in [0.25, 0.3) is 0 Å². The largest absolute Gasteiger partial charge is 0.391 e. The second kappa shape index (κ2) is 8.66. The van der Waals surface area contributed by atoms with E-state index in [0.29, 0.717) is 45.1 Å². The molecule has 9 heteroatoms. The molecule has 0 radical (unpaired) electrons. The van der Waals surface area contributed by atoms with Gasteiger partial charge in [0.2, 0.25) is 0 Å². The van der Waals surface area contributed by atoms with Crippen LogP contribution in [-0.2, 0) is 24.4 Å². The summed E-state index contributed by atoms with van der Waals surface area (Å²) in [6.45, 7) is 4.39. The van der Waals surface area contributed by atoms with E-state index in [4.69, 9.17) is 10.5 Å². The van der Waals surface area contributed by atoms with E-state index in [1.54, 1.807) is 4.68 Å². The van der Waals surface area contributed by atoms with Crippen molar-refractivity contribution in [2.24, 2.45) is 11.7 Å². The minimum absolute atomic E-state index is 0.0123. The molecule has 2 aliphatic heterocycles. The van der Waals surface area contributed by atoms with Gasteiger partial charge in [0, 0.05) is 48.4 Å². The van der Waals surface area contributed by atoms with Crippen LogP contribution in [-0.4, -0.2) is 45.1 Å². The molecule has 4 unspecified atom stereocenters. The molecular formula is C21H27F3N4O2. The number of nitrogens with zero attached hydrogens (tertiary/aromatic N) is 3. The zero-order valence-electron chi connectivity index (χ0n) is 16.9. The van der Waals surface area contributed by atoms with E-state index in [2.05, 4.69) is 10.00 Å². The first kappa shape index (κ1) is 21.3. The van der Waals surface area contributed by atoms with E-state index >= 15 is 0 Å². The van der Waals surface area contributed by atoms with Crippen LogP contribution in [0.4, 0.5) is 13.2 Å². The standard InChI is InChI=1S/C21H27F3N4O2/c1-2-15(29)9-28-8-13-7-27(10-20(13)26-28)14-3-12(6-25)21(30-11-14)16-4-18(23)19(24)5-17(16)22/h4-5,8,12,14-15,21,29H,2-3,6-7,9-11,25H2,1H3. The minimum atomic E-state index is -1.22. The molecule has 0 spiro atoms. The quantitative estimate of drug-likeness (QED) is 0.697. The second-order valence-electron chi connectivity index (χ2n) is 8.22. The van der Waals surface area contributed by atoms with Crippen molar-refractivity contribution in [3.63, 3.8) is 0 Å². The summed E-state index contributed by atoms with van der Waals surface area (Å²) in [5.74, 6) is -3.34. The average Bonchev–Trinajstić information content (AvgIpc) is 3.28. The van der Waals surface area contributed by atoms with Crippen LogP contribution in [0.3, 0.4) is 0 Å². The zero-order valence-corrected chi connectivity index (χ0v) is 16.9. The molecule has 0 bridgehead atoms. The highest BCUT2D eigenvalue weighted by atomic mass is 19.2. The van der Waals surface area contributed by atoms with Crippen molar-refractivity contribution in [2.75, 3.05) is 13.2 Å². The maximum Gasteiger partial charge on any atom is 0.161 e. The Kier molecular flexibility index (Phi) is 6.15. The second-order valence-corrected chi connectivity index (χ2v) is 8.22. The number of hydrogen-bond donors (Lipinski definition) is 2. The third-order valence-electron chi connectivity index (χ3n) is 6.16. The van der Waals surface area contributed by atoms with E-state index in [-0.39, 0.29) is 24.1 Å². The fraction of sp³-hybridized carbons (Fsp3) is 0.571. The Balaban J connectivity index is 1.42. The summed E-state index contributed by atoms with van der Waals surface area (Å²) in [6.07, 6.45) is 2.20. The molecule has 0 saturated carbocycles. The van der Waals surface area contributed by atoms with Gasteiger partial charge in [-0.05, 0) is 25.5 Å². The molecule has 164 valence electrons. The predicted octanol–water partition coefficient (Wildman–Crippen LogP) is 2.49. The van der Waals surface area contributed by atoms with Crippen LogP contribution in [0.2, 0.25) is 0 Å². The predicted molar refractivity (Wildman–Crippen MR) is 104 cm³/mol. The normalized spacial score (nSPS) is 25.5. The fourth-order valence-corrected chi connectivity index (χ4v) is 4.40. The zero-order chi connectivity index (χ0) is 21.4. The minimum Gasteiger partial charge on any atom is -0.391 e. The Hall–Kier alpha value is -1.94. The molecule has 3 N–H and O–H groups in total. The number of aliphatic hydroxyl groups excluding tert-OH is 1. The lowest BCUT2D eigenvalue weighted by Crippen LogP contribution is -2.44. The summed E-state index contributed by atoms with van der Waals surface area (Å²) in [5, 5.41) is 14.4. The molecule has 2 aromatic rings. The first-order valence-electron chi connectivity index (χ1n) is 10.3. The van der Waals surface area contributed by atoms with Crippen molar-refractivity contribution < 1.29 is 23.0 Å². The maximum atomic E-state index is 14.2. The summed E-state index contributed by atoms with van der Waals surface area (Å²) in [5.41, 5.74) is 8.04. The molecule has 0 amide bonds. The molecule has 30 heavy (non-hydrogen) atoms. The van der Waals surface area contributed by atoms with Gasteiger partial charge < -0.3 is 15.6 Å². The van der Waals surface area contributed by atoms with Gasteiger partial charge in [0.15, 0.2) is 11.6 Å². The van der Waals surface area contributed by atoms with Crippen molar-refractivity contribution in [3.8, 4) is 0 Å². The number of ether oxygens (including phenoxy) is 1. The number of fused-ring (bicyclic) bond motifs is 1. The van der Waals surface area contributed by atoms with Gasteiger partial charge in [-0.25, -0.2) is 13.2 Å². The van der Waals surface area contributed by atoms with Crippen molar-refractivity contribution >= 4 is 0 Å². The number of nitrogens with two attached hydrogens (primary N) is 1. The van der Waals surface area contributed by atoms with E-state index < -0.39 is 29.7 Å². The number of aliphatic hydroxyl groups is 1. The first-order valence-corrected chi connectivity index (χ1v) is 10.3. The Labute approximate surface area is 173 Å². The molecule has 4 rings (SSSR count). The van der Waals surface area contributed by atoms with Crippen molar-refractivity contribution in [1.29, 1.82) is 0 Å². The molecule has 4 atom stereocenters. The average molecular weight is 424 g/mol. The third kappa shape index (κ3) is 4.12. The van der Waals surface area contributed by atoms with Gasteiger partial charge in [-0.2, -0.15) is 5.10 Å². The Morgan fingerprint density at radius 1 is 1.23 bits per heavy atom. The van der Waals surface area contributed by atoms with Crippen LogP contribution in [0, 0.1) is 23.4 Å². The summed E-state index contributed by atoms with van der Waals surface area (Å²) in [7, 11) is 0. The summed E-state index contributed by atoms with van der Waals surface area (Å²) in [6, 6.07) is 1.51. The van der Waals surface area contributed by atoms with Crippen LogP contribution >= 0.6 is 0 Å². The lowest BCUT2D eigenvalue weighted by atomic mass is 9.86. The molecule has 0 aliphatic carbocycles. The fourth-order valence-electron chi connectivity index (χ4n) is 4.40. The van der Waals surface area contributed by atoms with Crippen LogP contribution in [0.5, 0.6) is 0 Å². The van der Waals surface area contributed by atoms with Gasteiger partial charge in [0.25, 0.3) is 0 Å². The number of halogens is 3. The van der Waals surface area contributed by atoms with Gasteiger partial charge in [-0.1, -0.05) is 6.92 Å². The van der Waals surface area contributed by atoms with Crippen molar-refractivity contribution in [1.82, 2.24) is 14.7 Å². The molecule has 2 aliphatic rings. The SMILES string of the molecule is CCC(O)Cn1cc2c(n1)CN(C1COC(c3cc(F)c(F)cc3F)C(CN)C1)C2. The highest BCUT2D eigenvalue weighted by Crippen LogP contribution is 2.38. The number of rotatable bonds is 6. The Morgan fingerprint density at radius 2 is 2.00 bits per heavy atom. The third-order valence-corrected chi connectivity index (χ3v) is 6.16. The van der Waals surface area contributed by atoms with E-state index in [0.717, 1.165) is 17.3 Å². The topological polar surface area (TPSA) is 76.5 Å². The van der Waals surface area contributed by atoms with Gasteiger partial charge in [0.1, 0.15) is 5.82 Å². The molecule has 1 aromatic heterocycles. The Bertz CT molecular complexity index is 883. The first-order chi connectivity index (χ1) is 14.4. The summed E-state index contributed by atoms with van der Waals surface area (Å²) >= 11 is 0. The molecule has 3 heterocycles. The Morgan fingerprint density at radius 3 is 2.70 bits per heavy atom. The van der Waals surface area contributed by atoms with Crippen LogP contribution in [0.1, 0.15) is 42.7 Å². The lowest BCUT2D eigenvalue weighted by molar-refractivity contribution is -0.0748. The van der Waals surface area contributed by atoms with Gasteiger partial charge >= 0.3 is 0 Å². The lowest BCUT2D eigenvalue weighted by Gasteiger charge is -2.39. The van der Waals surface area contributed by atoms with Crippen molar-refractivity contribution in [2.45, 2.75) is 57.6 Å². The van der Waals surface area contributed by atoms with E-state index in [9.17, 15) is 18.3 Å². The molecule has 1 fully saturated rings. The number of aromatic nitrogens is 2. The molecule has 1 aromatic carbocycles. The highest BCUT2D eigenvalue weighted by molar-refractivity contribution is 5.25. The van der Waals surface area contributed by atoms with Crippen LogP contribution < -0.4 is 5.73 Å². The maximum absolute atomic E-state index is 14.2. The van der Waals surface area contributed by atoms with Gasteiger partial charge in [0.05, 0.1) is 31.1 Å².